The molecule has 0 saturated heterocycles. The van der Waals surface area contributed by atoms with Crippen molar-refractivity contribution in [2.24, 2.45) is 0 Å². The molecule has 1 aromatic carbocycles. The minimum Gasteiger partial charge on any atom is -0.294 e. The topological polar surface area (TPSA) is 78.0 Å². The summed E-state index contributed by atoms with van der Waals surface area (Å²) in [5.41, 5.74) is 0.289. The van der Waals surface area contributed by atoms with Crippen molar-refractivity contribution >= 4 is 11.5 Å². The summed E-state index contributed by atoms with van der Waals surface area (Å²) in [6.07, 6.45) is 2.53. The van der Waals surface area contributed by atoms with E-state index in [1.54, 1.807) is 0 Å². The highest BCUT2D eigenvalue weighted by Gasteiger charge is 2.10. The highest BCUT2D eigenvalue weighted by molar-refractivity contribution is 5.95. The molecule has 7 heteroatoms. The third-order valence-corrected chi connectivity index (χ3v) is 2.56. The molecule has 0 amide bonds. The van der Waals surface area contributed by atoms with Gasteiger partial charge in [0.15, 0.2) is 5.78 Å². The fourth-order valence-corrected chi connectivity index (χ4v) is 1.57. The number of nitrogens with zero attached hydrogens (tertiary/aromatic N) is 3. The third kappa shape index (κ3) is 3.21. The molecule has 6 nitrogen and oxygen atoms in total. The number of ketones is 1. The molecule has 0 saturated carbocycles. The van der Waals surface area contributed by atoms with Crippen LogP contribution in [0, 0.1) is 15.9 Å². The SMILES string of the molecule is O=C(CCn1cc([N+](=O)[O-])cn1)c1ccc(F)cc1. The Kier molecular flexibility index (Phi) is 3.65. The molecule has 2 rings (SSSR count). The fourth-order valence-electron chi connectivity index (χ4n) is 1.57. The number of carbonyl (C=O) groups is 1. The van der Waals surface area contributed by atoms with Crippen LogP contribution in [0.1, 0.15) is 16.8 Å². The summed E-state index contributed by atoms with van der Waals surface area (Å²) in [5, 5.41) is 14.2. The third-order valence-electron chi connectivity index (χ3n) is 2.56. The molecule has 0 spiro atoms. The standard InChI is InChI=1S/C12H10FN3O3/c13-10-3-1-9(2-4-10)12(17)5-6-15-8-11(7-14-15)16(18)19/h1-4,7-8H,5-6H2. The van der Waals surface area contributed by atoms with Crippen LogP contribution < -0.4 is 0 Å². The second-order valence-corrected chi connectivity index (χ2v) is 3.90. The van der Waals surface area contributed by atoms with Gasteiger partial charge in [-0.3, -0.25) is 19.6 Å². The van der Waals surface area contributed by atoms with E-state index in [-0.39, 0.29) is 24.4 Å². The van der Waals surface area contributed by atoms with Crippen molar-refractivity contribution in [2.75, 3.05) is 0 Å². The predicted octanol–water partition coefficient (Wildman–Crippen LogP) is 2.20. The number of hydrogen-bond donors (Lipinski definition) is 0. The van der Waals surface area contributed by atoms with Crippen molar-refractivity contribution in [3.05, 3.63) is 58.2 Å². The lowest BCUT2D eigenvalue weighted by Gasteiger charge is -2.01. The molecule has 19 heavy (non-hydrogen) atoms. The van der Waals surface area contributed by atoms with Crippen molar-refractivity contribution in [3.63, 3.8) is 0 Å². The summed E-state index contributed by atoms with van der Waals surface area (Å²) in [4.78, 5) is 21.7. The normalized spacial score (nSPS) is 10.4. The van der Waals surface area contributed by atoms with Gasteiger partial charge in [0.25, 0.3) is 0 Å². The summed E-state index contributed by atoms with van der Waals surface area (Å²) < 4.78 is 14.0. The molecule has 0 bridgehead atoms. The lowest BCUT2D eigenvalue weighted by Crippen LogP contribution is -2.06. The van der Waals surface area contributed by atoms with Crippen LogP contribution in [-0.4, -0.2) is 20.5 Å². The maximum atomic E-state index is 12.7. The summed E-state index contributed by atoms with van der Waals surface area (Å²) in [6, 6.07) is 5.24. The first kappa shape index (κ1) is 12.9. The smallest absolute Gasteiger partial charge is 0.294 e. The number of hydrogen-bond acceptors (Lipinski definition) is 4. The molecule has 0 N–H and O–H groups in total. The maximum Gasteiger partial charge on any atom is 0.306 e. The second kappa shape index (κ2) is 5.38. The minimum absolute atomic E-state index is 0.116. The Morgan fingerprint density at radius 1 is 1.37 bits per heavy atom. The van der Waals surface area contributed by atoms with E-state index in [4.69, 9.17) is 0 Å². The molecule has 1 heterocycles. The van der Waals surface area contributed by atoms with Gasteiger partial charge in [-0.25, -0.2) is 4.39 Å². The van der Waals surface area contributed by atoms with Crippen LogP contribution in [0.15, 0.2) is 36.7 Å². The van der Waals surface area contributed by atoms with E-state index in [1.807, 2.05) is 0 Å². The molecular weight excluding hydrogens is 253 g/mol. The van der Waals surface area contributed by atoms with E-state index in [9.17, 15) is 19.3 Å². The zero-order valence-electron chi connectivity index (χ0n) is 9.82. The van der Waals surface area contributed by atoms with Crippen molar-refractivity contribution in [2.45, 2.75) is 13.0 Å². The van der Waals surface area contributed by atoms with Crippen LogP contribution in [-0.2, 0) is 6.54 Å². The van der Waals surface area contributed by atoms with Gasteiger partial charge in [0.2, 0.25) is 0 Å². The number of rotatable bonds is 5. The number of aryl methyl sites for hydroxylation is 1. The molecule has 2 aromatic rings. The lowest BCUT2D eigenvalue weighted by atomic mass is 10.1. The molecule has 98 valence electrons. The molecule has 0 aliphatic carbocycles. The molecule has 0 aliphatic rings. The van der Waals surface area contributed by atoms with Crippen molar-refractivity contribution in [1.29, 1.82) is 0 Å². The average molecular weight is 263 g/mol. The second-order valence-electron chi connectivity index (χ2n) is 3.90. The summed E-state index contributed by atoms with van der Waals surface area (Å²) in [6.45, 7) is 0.240. The highest BCUT2D eigenvalue weighted by Crippen LogP contribution is 2.10. The Morgan fingerprint density at radius 2 is 2.05 bits per heavy atom. The lowest BCUT2D eigenvalue weighted by molar-refractivity contribution is -0.385. The summed E-state index contributed by atoms with van der Waals surface area (Å²) in [5.74, 6) is -0.572. The molecule has 0 aliphatic heterocycles. The molecule has 0 unspecified atom stereocenters. The highest BCUT2D eigenvalue weighted by atomic mass is 19.1. The molecule has 1 aromatic heterocycles. The van der Waals surface area contributed by atoms with Gasteiger partial charge in [0, 0.05) is 18.5 Å². The van der Waals surface area contributed by atoms with E-state index in [0.717, 1.165) is 6.20 Å². The number of halogens is 1. The molecule has 0 atom stereocenters. The van der Waals surface area contributed by atoms with Gasteiger partial charge < -0.3 is 0 Å². The summed E-state index contributed by atoms with van der Waals surface area (Å²) in [7, 11) is 0. The van der Waals surface area contributed by atoms with Crippen LogP contribution in [0.3, 0.4) is 0 Å². The Morgan fingerprint density at radius 3 is 2.63 bits per heavy atom. The Bertz CT molecular complexity index is 607. The number of aromatic nitrogens is 2. The van der Waals surface area contributed by atoms with Crippen LogP contribution in [0.5, 0.6) is 0 Å². The first-order chi connectivity index (χ1) is 9.06. The number of Topliss-reactive ketones (excluding diaryl/α,β-unsaturated/α-hetero) is 1. The van der Waals surface area contributed by atoms with Crippen LogP contribution in [0.4, 0.5) is 10.1 Å². The van der Waals surface area contributed by atoms with Crippen LogP contribution in [0.2, 0.25) is 0 Å². The van der Waals surface area contributed by atoms with Gasteiger partial charge in [0.05, 0.1) is 4.92 Å². The van der Waals surface area contributed by atoms with Crippen molar-refractivity contribution < 1.29 is 14.1 Å². The molecule has 0 fully saturated rings. The Labute approximate surface area is 107 Å². The predicted molar refractivity (Wildman–Crippen MR) is 64.2 cm³/mol. The number of benzene rings is 1. The van der Waals surface area contributed by atoms with Crippen molar-refractivity contribution in [1.82, 2.24) is 9.78 Å². The van der Waals surface area contributed by atoms with Gasteiger partial charge in [-0.05, 0) is 24.3 Å². The maximum absolute atomic E-state index is 12.7. The van der Waals surface area contributed by atoms with E-state index in [0.29, 0.717) is 5.56 Å². The zero-order valence-corrected chi connectivity index (χ0v) is 9.82. The average Bonchev–Trinajstić information content (AvgIpc) is 2.86. The van der Waals surface area contributed by atoms with Crippen LogP contribution in [0.25, 0.3) is 0 Å². The van der Waals surface area contributed by atoms with Gasteiger partial charge in [-0.2, -0.15) is 5.10 Å². The van der Waals surface area contributed by atoms with Gasteiger partial charge in [-0.1, -0.05) is 0 Å². The first-order valence-electron chi connectivity index (χ1n) is 5.52. The van der Waals surface area contributed by atoms with Gasteiger partial charge >= 0.3 is 5.69 Å². The zero-order chi connectivity index (χ0) is 13.8. The van der Waals surface area contributed by atoms with Crippen LogP contribution >= 0.6 is 0 Å². The van der Waals surface area contributed by atoms with E-state index >= 15 is 0 Å². The number of carbonyl (C=O) groups excluding carboxylic acids is 1. The van der Waals surface area contributed by atoms with E-state index < -0.39 is 10.7 Å². The first-order valence-corrected chi connectivity index (χ1v) is 5.52. The van der Waals surface area contributed by atoms with Crippen molar-refractivity contribution in [3.8, 4) is 0 Å². The van der Waals surface area contributed by atoms with E-state index in [1.165, 1.54) is 35.1 Å². The summed E-state index contributed by atoms with van der Waals surface area (Å²) >= 11 is 0. The minimum atomic E-state index is -0.550. The number of nitro groups is 1. The molecule has 0 radical (unpaired) electrons. The Balaban J connectivity index is 1.96. The van der Waals surface area contributed by atoms with E-state index in [2.05, 4.69) is 5.10 Å². The van der Waals surface area contributed by atoms with Gasteiger partial charge in [0.1, 0.15) is 18.2 Å². The van der Waals surface area contributed by atoms with Gasteiger partial charge in [-0.15, -0.1) is 0 Å². The quantitative estimate of drug-likeness (QED) is 0.470. The largest absolute Gasteiger partial charge is 0.306 e. The monoisotopic (exact) mass is 263 g/mol. The molecular formula is C12H10FN3O3. The fraction of sp³-hybridized carbons (Fsp3) is 0.167. The Hall–Kier alpha value is -2.57.